The van der Waals surface area contributed by atoms with Crippen LogP contribution in [0.4, 0.5) is 5.69 Å². The third-order valence-corrected chi connectivity index (χ3v) is 6.30. The van der Waals surface area contributed by atoms with Gasteiger partial charge in [-0.2, -0.15) is 5.26 Å². The Hall–Kier alpha value is -2.91. The quantitative estimate of drug-likeness (QED) is 0.808. The van der Waals surface area contributed by atoms with Gasteiger partial charge in [-0.1, -0.05) is 30.3 Å². The van der Waals surface area contributed by atoms with Gasteiger partial charge in [0.25, 0.3) is 5.91 Å². The van der Waals surface area contributed by atoms with Crippen LogP contribution in [0.25, 0.3) is 0 Å². The Bertz CT molecular complexity index is 931. The summed E-state index contributed by atoms with van der Waals surface area (Å²) < 4.78 is 6.39. The van der Waals surface area contributed by atoms with Gasteiger partial charge in [-0.15, -0.1) is 0 Å². The van der Waals surface area contributed by atoms with Gasteiger partial charge in [0.15, 0.2) is 5.60 Å². The van der Waals surface area contributed by atoms with E-state index in [1.165, 1.54) is 5.56 Å². The first-order valence-electron chi connectivity index (χ1n) is 9.87. The van der Waals surface area contributed by atoms with Crippen molar-refractivity contribution in [2.75, 3.05) is 18.0 Å². The molecule has 2 aromatic rings. The molecule has 6 nitrogen and oxygen atoms in total. The molecule has 1 amide bonds. The number of pyridine rings is 1. The van der Waals surface area contributed by atoms with E-state index in [0.717, 1.165) is 31.6 Å². The number of aromatic nitrogens is 1. The third kappa shape index (κ3) is 2.66. The number of carbonyl (C=O) groups is 1. The second-order valence-electron chi connectivity index (χ2n) is 7.78. The fourth-order valence-electron chi connectivity index (χ4n) is 4.85. The molecule has 0 N–H and O–H groups in total. The smallest absolute Gasteiger partial charge is 0.257 e. The zero-order valence-corrected chi connectivity index (χ0v) is 15.6. The Morgan fingerprint density at radius 2 is 1.93 bits per heavy atom. The lowest BCUT2D eigenvalue weighted by molar-refractivity contribution is -0.140. The number of nitriles is 1. The summed E-state index contributed by atoms with van der Waals surface area (Å²) in [6, 6.07) is 16.2. The summed E-state index contributed by atoms with van der Waals surface area (Å²) in [5.74, 6) is 0.149. The Kier molecular flexibility index (Phi) is 4.06. The number of benzene rings is 1. The van der Waals surface area contributed by atoms with E-state index in [2.05, 4.69) is 28.1 Å². The minimum absolute atomic E-state index is 0.102. The average molecular weight is 374 g/mol. The molecule has 0 radical (unpaired) electrons. The highest BCUT2D eigenvalue weighted by molar-refractivity contribution is 5.88. The lowest BCUT2D eigenvalue weighted by atomic mass is 9.89. The van der Waals surface area contributed by atoms with Crippen molar-refractivity contribution < 1.29 is 9.53 Å². The van der Waals surface area contributed by atoms with Crippen LogP contribution in [0.15, 0.2) is 48.7 Å². The normalized spacial score (nSPS) is 25.8. The predicted molar refractivity (Wildman–Crippen MR) is 103 cm³/mol. The van der Waals surface area contributed by atoms with Crippen LogP contribution in [0, 0.1) is 11.3 Å². The van der Waals surface area contributed by atoms with Crippen molar-refractivity contribution in [3.8, 4) is 6.07 Å². The van der Waals surface area contributed by atoms with Gasteiger partial charge >= 0.3 is 0 Å². The number of nitrogens with zero attached hydrogens (tertiary/aromatic N) is 4. The number of ether oxygens (including phenoxy) is 1. The Balaban J connectivity index is 1.33. The molecule has 1 spiro atoms. The molecule has 3 saturated heterocycles. The SMILES string of the molecule is N#Cc1cc(N2CCC3(CC2)O[C@@H]2CC[C@@H](c4ccccc4)N2C3=O)ccn1. The number of amides is 1. The van der Waals surface area contributed by atoms with E-state index >= 15 is 0 Å². The lowest BCUT2D eigenvalue weighted by Crippen LogP contribution is -2.50. The van der Waals surface area contributed by atoms with Crippen molar-refractivity contribution in [3.63, 3.8) is 0 Å². The largest absolute Gasteiger partial charge is 0.371 e. The number of piperidine rings is 1. The number of rotatable bonds is 2. The zero-order valence-electron chi connectivity index (χ0n) is 15.6. The number of anilines is 1. The van der Waals surface area contributed by atoms with Crippen LogP contribution in [0.2, 0.25) is 0 Å². The van der Waals surface area contributed by atoms with E-state index < -0.39 is 5.60 Å². The molecule has 4 heterocycles. The molecule has 28 heavy (non-hydrogen) atoms. The molecule has 1 aromatic heterocycles. The van der Waals surface area contributed by atoms with Crippen molar-refractivity contribution in [3.05, 3.63) is 59.9 Å². The highest BCUT2D eigenvalue weighted by atomic mass is 16.6. The monoisotopic (exact) mass is 374 g/mol. The second kappa shape index (κ2) is 6.61. The molecule has 142 valence electrons. The average Bonchev–Trinajstić information content (AvgIpc) is 3.27. The maximum Gasteiger partial charge on any atom is 0.257 e. The Labute approximate surface area is 164 Å². The van der Waals surface area contributed by atoms with E-state index in [9.17, 15) is 4.79 Å². The highest BCUT2D eigenvalue weighted by Gasteiger charge is 2.57. The van der Waals surface area contributed by atoms with Crippen LogP contribution in [0.1, 0.15) is 43.0 Å². The van der Waals surface area contributed by atoms with Crippen LogP contribution in [-0.4, -0.2) is 40.7 Å². The number of carbonyl (C=O) groups excluding carboxylic acids is 1. The van der Waals surface area contributed by atoms with Gasteiger partial charge in [0, 0.05) is 37.8 Å². The van der Waals surface area contributed by atoms with E-state index in [1.54, 1.807) is 12.3 Å². The summed E-state index contributed by atoms with van der Waals surface area (Å²) in [7, 11) is 0. The molecular formula is C22H22N4O2. The van der Waals surface area contributed by atoms with Gasteiger partial charge < -0.3 is 14.5 Å². The molecule has 2 atom stereocenters. The summed E-state index contributed by atoms with van der Waals surface area (Å²) in [5, 5.41) is 9.07. The van der Waals surface area contributed by atoms with Crippen LogP contribution in [0.3, 0.4) is 0 Å². The maximum atomic E-state index is 13.4. The number of fused-ring (bicyclic) bond motifs is 1. The second-order valence-corrected chi connectivity index (χ2v) is 7.78. The van der Waals surface area contributed by atoms with E-state index in [-0.39, 0.29) is 18.2 Å². The minimum Gasteiger partial charge on any atom is -0.371 e. The molecule has 0 saturated carbocycles. The molecule has 1 aromatic carbocycles. The van der Waals surface area contributed by atoms with E-state index in [0.29, 0.717) is 18.5 Å². The Morgan fingerprint density at radius 3 is 2.68 bits per heavy atom. The molecule has 6 heteroatoms. The summed E-state index contributed by atoms with van der Waals surface area (Å²) in [5.41, 5.74) is 1.89. The third-order valence-electron chi connectivity index (χ3n) is 6.30. The summed E-state index contributed by atoms with van der Waals surface area (Å²) in [6.45, 7) is 1.47. The van der Waals surface area contributed by atoms with Crippen LogP contribution < -0.4 is 4.90 Å². The van der Waals surface area contributed by atoms with Gasteiger partial charge in [0.05, 0.1) is 6.04 Å². The molecular weight excluding hydrogens is 352 g/mol. The van der Waals surface area contributed by atoms with E-state index in [1.807, 2.05) is 29.2 Å². The minimum atomic E-state index is -0.695. The van der Waals surface area contributed by atoms with Crippen molar-refractivity contribution in [2.24, 2.45) is 0 Å². The van der Waals surface area contributed by atoms with Gasteiger partial charge in [0.2, 0.25) is 0 Å². The van der Waals surface area contributed by atoms with Crippen molar-refractivity contribution in [2.45, 2.75) is 43.6 Å². The van der Waals surface area contributed by atoms with Crippen molar-refractivity contribution in [1.82, 2.24) is 9.88 Å². The summed E-state index contributed by atoms with van der Waals surface area (Å²) in [4.78, 5) is 21.7. The van der Waals surface area contributed by atoms with Crippen LogP contribution in [-0.2, 0) is 9.53 Å². The van der Waals surface area contributed by atoms with Gasteiger partial charge in [0.1, 0.15) is 18.0 Å². The molecule has 3 aliphatic rings. The first kappa shape index (κ1) is 17.2. The zero-order chi connectivity index (χ0) is 19.1. The molecule has 0 bridgehead atoms. The van der Waals surface area contributed by atoms with Gasteiger partial charge in [-0.05, 0) is 30.5 Å². The fourth-order valence-corrected chi connectivity index (χ4v) is 4.85. The molecule has 3 fully saturated rings. The standard InChI is InChI=1S/C22H22N4O2/c23-15-17-14-18(8-11-24-17)25-12-9-22(10-13-25)21(27)26-19(6-7-20(26)28-22)16-4-2-1-3-5-16/h1-5,8,11,14,19-20H,6-7,9-10,12-13H2/t19-,20+/m0/s1. The van der Waals surface area contributed by atoms with Crippen molar-refractivity contribution >= 4 is 11.6 Å². The summed E-state index contributed by atoms with van der Waals surface area (Å²) in [6.07, 6.45) is 4.75. The fraction of sp³-hybridized carbons (Fsp3) is 0.409. The molecule has 0 unspecified atom stereocenters. The Morgan fingerprint density at radius 1 is 1.14 bits per heavy atom. The highest BCUT2D eigenvalue weighted by Crippen LogP contribution is 2.47. The first-order valence-corrected chi connectivity index (χ1v) is 9.87. The number of hydrogen-bond donors (Lipinski definition) is 0. The molecule has 0 aliphatic carbocycles. The molecule has 3 aliphatic heterocycles. The lowest BCUT2D eigenvalue weighted by Gasteiger charge is -2.38. The molecule has 5 rings (SSSR count). The predicted octanol–water partition coefficient (Wildman–Crippen LogP) is 3.01. The summed E-state index contributed by atoms with van der Waals surface area (Å²) >= 11 is 0. The van der Waals surface area contributed by atoms with Crippen molar-refractivity contribution in [1.29, 1.82) is 5.26 Å². The maximum absolute atomic E-state index is 13.4. The first-order chi connectivity index (χ1) is 13.7. The van der Waals surface area contributed by atoms with E-state index in [4.69, 9.17) is 10.00 Å². The number of hydrogen-bond acceptors (Lipinski definition) is 5. The van der Waals surface area contributed by atoms with Crippen LogP contribution >= 0.6 is 0 Å². The van der Waals surface area contributed by atoms with Gasteiger partial charge in [-0.25, -0.2) is 4.98 Å². The van der Waals surface area contributed by atoms with Crippen LogP contribution in [0.5, 0.6) is 0 Å². The topological polar surface area (TPSA) is 69.5 Å². The van der Waals surface area contributed by atoms with Gasteiger partial charge in [-0.3, -0.25) is 4.79 Å².